The molecule has 6 N–H and O–H groups in total. The number of H-pyrrole nitrogens is 2. The third-order valence-electron chi connectivity index (χ3n) is 3.10. The van der Waals surface area contributed by atoms with Crippen molar-refractivity contribution in [3.63, 3.8) is 0 Å². The van der Waals surface area contributed by atoms with Gasteiger partial charge in [0.2, 0.25) is 5.88 Å². The summed E-state index contributed by atoms with van der Waals surface area (Å²) in [4.78, 5) is 26.4. The van der Waals surface area contributed by atoms with Gasteiger partial charge < -0.3 is 25.2 Å². The summed E-state index contributed by atoms with van der Waals surface area (Å²) in [7, 11) is 0. The Hall–Kier alpha value is -1.68. The van der Waals surface area contributed by atoms with Crippen LogP contribution in [0.2, 0.25) is 0 Å². The topological polar surface area (TPSA) is 156 Å². The lowest BCUT2D eigenvalue weighted by atomic mass is 9.92. The summed E-state index contributed by atoms with van der Waals surface area (Å²) >= 11 is 0. The van der Waals surface area contributed by atoms with E-state index in [9.17, 15) is 30.0 Å². The summed E-state index contributed by atoms with van der Waals surface area (Å²) in [5.41, 5.74) is -2.27. The molecule has 2 heterocycles. The van der Waals surface area contributed by atoms with E-state index < -0.39 is 53.2 Å². The summed E-state index contributed by atoms with van der Waals surface area (Å²) in [6, 6.07) is 0. The van der Waals surface area contributed by atoms with Gasteiger partial charge in [0, 0.05) is 0 Å². The van der Waals surface area contributed by atoms with E-state index in [1.807, 2.05) is 9.97 Å². The molecular formula is C10H14N2O7. The smallest absolute Gasteiger partial charge is 0.328 e. The molecule has 9 nitrogen and oxygen atoms in total. The summed E-state index contributed by atoms with van der Waals surface area (Å²) < 4.78 is 5.21. The number of aromatic hydroxyl groups is 1. The Morgan fingerprint density at radius 2 is 1.68 bits per heavy atom. The number of hydrogen-bond acceptors (Lipinski definition) is 7. The molecule has 1 saturated heterocycles. The Bertz CT molecular complexity index is 580. The molecule has 0 radical (unpaired) electrons. The van der Waals surface area contributed by atoms with Gasteiger partial charge in [0.25, 0.3) is 5.56 Å². The fourth-order valence-electron chi connectivity index (χ4n) is 2.04. The number of nitrogens with one attached hydrogen (secondary N) is 2. The van der Waals surface area contributed by atoms with E-state index in [0.717, 1.165) is 0 Å². The number of aliphatic hydroxyl groups is 3. The largest absolute Gasteiger partial charge is 0.494 e. The molecule has 2 rings (SSSR count). The fraction of sp³-hybridized carbons (Fsp3) is 0.600. The summed E-state index contributed by atoms with van der Waals surface area (Å²) in [5.74, 6) is -0.756. The van der Waals surface area contributed by atoms with E-state index in [1.165, 1.54) is 6.92 Å². The van der Waals surface area contributed by atoms with E-state index in [1.54, 1.807) is 0 Å². The van der Waals surface area contributed by atoms with Gasteiger partial charge in [-0.3, -0.25) is 14.8 Å². The third kappa shape index (κ3) is 2.28. The second-order valence-electron chi connectivity index (χ2n) is 4.40. The first-order valence-corrected chi connectivity index (χ1v) is 5.58. The molecule has 1 aromatic rings. The lowest BCUT2D eigenvalue weighted by Gasteiger charge is -2.39. The maximum absolute atomic E-state index is 11.6. The van der Waals surface area contributed by atoms with E-state index in [-0.39, 0.29) is 0 Å². The van der Waals surface area contributed by atoms with Crippen LogP contribution < -0.4 is 11.2 Å². The predicted molar refractivity (Wildman–Crippen MR) is 60.7 cm³/mol. The standard InChI is InChI=1S/C10H14N2O7/c1-2-4(13)5(14)6(15)7(19-2)3-8(16)11-10(18)12-9(3)17/h2,4-7,13-15H,1H3,(H3,11,12,16,17,18)/t2-,4-,5+,6-,7+/m1/s1. The molecule has 0 aliphatic carbocycles. The lowest BCUT2D eigenvalue weighted by molar-refractivity contribution is -0.220. The van der Waals surface area contributed by atoms with Crippen LogP contribution in [-0.4, -0.2) is 54.8 Å². The zero-order chi connectivity index (χ0) is 14.3. The van der Waals surface area contributed by atoms with E-state index in [4.69, 9.17) is 4.74 Å². The van der Waals surface area contributed by atoms with Gasteiger partial charge in [0.15, 0.2) is 0 Å². The van der Waals surface area contributed by atoms with E-state index in [2.05, 4.69) is 0 Å². The molecule has 0 aromatic carbocycles. The van der Waals surface area contributed by atoms with Gasteiger partial charge in [-0.25, -0.2) is 4.79 Å². The fourth-order valence-corrected chi connectivity index (χ4v) is 2.04. The van der Waals surface area contributed by atoms with Crippen molar-refractivity contribution < 1.29 is 25.2 Å². The molecule has 0 spiro atoms. The van der Waals surface area contributed by atoms with Gasteiger partial charge in [-0.2, -0.15) is 0 Å². The van der Waals surface area contributed by atoms with Gasteiger partial charge >= 0.3 is 5.69 Å². The zero-order valence-electron chi connectivity index (χ0n) is 9.90. The quantitative estimate of drug-likeness (QED) is 0.325. The van der Waals surface area contributed by atoms with Crippen LogP contribution in [0.15, 0.2) is 9.59 Å². The molecule has 1 aromatic heterocycles. The maximum atomic E-state index is 11.6. The molecule has 0 saturated carbocycles. The second-order valence-corrected chi connectivity index (χ2v) is 4.40. The highest BCUT2D eigenvalue weighted by atomic mass is 16.5. The van der Waals surface area contributed by atoms with Gasteiger partial charge in [-0.05, 0) is 6.92 Å². The van der Waals surface area contributed by atoms with Gasteiger partial charge in [0.1, 0.15) is 30.0 Å². The van der Waals surface area contributed by atoms with Gasteiger partial charge in [-0.1, -0.05) is 0 Å². The number of aromatic amines is 2. The average molecular weight is 274 g/mol. The summed E-state index contributed by atoms with van der Waals surface area (Å²) in [6.07, 6.45) is -6.72. The number of hydrogen-bond donors (Lipinski definition) is 6. The molecule has 9 heteroatoms. The van der Waals surface area contributed by atoms with Gasteiger partial charge in [0.05, 0.1) is 6.10 Å². The first-order valence-electron chi connectivity index (χ1n) is 5.58. The Morgan fingerprint density at radius 3 is 2.26 bits per heavy atom. The average Bonchev–Trinajstić information content (AvgIpc) is 2.31. The van der Waals surface area contributed by atoms with E-state index >= 15 is 0 Å². The number of aliphatic hydroxyl groups excluding tert-OH is 3. The molecule has 1 aliphatic heterocycles. The van der Waals surface area contributed by atoms with E-state index in [0.29, 0.717) is 0 Å². The highest BCUT2D eigenvalue weighted by molar-refractivity contribution is 5.26. The molecule has 19 heavy (non-hydrogen) atoms. The van der Waals surface area contributed by atoms with Crippen LogP contribution in [0.25, 0.3) is 0 Å². The van der Waals surface area contributed by atoms with Crippen LogP contribution in [0.3, 0.4) is 0 Å². The molecule has 0 bridgehead atoms. The first-order chi connectivity index (χ1) is 8.82. The van der Waals surface area contributed by atoms with Crippen LogP contribution in [0, 0.1) is 0 Å². The molecule has 0 amide bonds. The summed E-state index contributed by atoms with van der Waals surface area (Å²) in [5, 5.41) is 38.5. The van der Waals surface area contributed by atoms with Crippen LogP contribution in [0.5, 0.6) is 5.88 Å². The Labute approximate surface area is 106 Å². The van der Waals surface area contributed by atoms with Crippen LogP contribution in [-0.2, 0) is 4.74 Å². The van der Waals surface area contributed by atoms with Gasteiger partial charge in [-0.15, -0.1) is 0 Å². The van der Waals surface area contributed by atoms with Crippen molar-refractivity contribution in [2.45, 2.75) is 37.4 Å². The number of ether oxygens (including phenoxy) is 1. The number of aromatic nitrogens is 2. The van der Waals surface area contributed by atoms with Crippen molar-refractivity contribution in [3.05, 3.63) is 26.4 Å². The molecule has 106 valence electrons. The SMILES string of the molecule is C[C@H]1O[C@@H](c2c(O)[nH]c(=O)[nH]c2=O)[C@H](O)[C@@H](O)[C@@H]1O. The molecule has 1 aliphatic rings. The number of rotatable bonds is 1. The minimum atomic E-state index is -1.62. The molecular weight excluding hydrogens is 260 g/mol. The maximum Gasteiger partial charge on any atom is 0.328 e. The Morgan fingerprint density at radius 1 is 1.05 bits per heavy atom. The van der Waals surface area contributed by atoms with Crippen LogP contribution in [0.1, 0.15) is 18.6 Å². The monoisotopic (exact) mass is 274 g/mol. The highest BCUT2D eigenvalue weighted by Crippen LogP contribution is 2.33. The van der Waals surface area contributed by atoms with Crippen molar-refractivity contribution in [2.24, 2.45) is 0 Å². The van der Waals surface area contributed by atoms with Crippen molar-refractivity contribution in [1.82, 2.24) is 9.97 Å². The van der Waals surface area contributed by atoms with Crippen molar-refractivity contribution in [1.29, 1.82) is 0 Å². The first kappa shape index (κ1) is 13.7. The van der Waals surface area contributed by atoms with Crippen molar-refractivity contribution in [3.8, 4) is 5.88 Å². The van der Waals surface area contributed by atoms with Crippen molar-refractivity contribution in [2.75, 3.05) is 0 Å². The predicted octanol–water partition coefficient (Wildman–Crippen LogP) is -2.69. The van der Waals surface area contributed by atoms with Crippen molar-refractivity contribution >= 4 is 0 Å². The normalized spacial score (nSPS) is 35.3. The zero-order valence-corrected chi connectivity index (χ0v) is 9.90. The lowest BCUT2D eigenvalue weighted by Crippen LogP contribution is -2.54. The Balaban J connectivity index is 2.47. The minimum absolute atomic E-state index is 0.412. The Kier molecular flexibility index (Phi) is 3.45. The van der Waals surface area contributed by atoms with Crippen LogP contribution >= 0.6 is 0 Å². The minimum Gasteiger partial charge on any atom is -0.494 e. The summed E-state index contributed by atoms with van der Waals surface area (Å²) in [6.45, 7) is 1.43. The highest BCUT2D eigenvalue weighted by Gasteiger charge is 2.44. The molecule has 1 fully saturated rings. The third-order valence-corrected chi connectivity index (χ3v) is 3.10. The molecule has 0 unspecified atom stereocenters. The molecule has 5 atom stereocenters. The van der Waals surface area contributed by atoms with Crippen LogP contribution in [0.4, 0.5) is 0 Å². The second kappa shape index (κ2) is 4.78.